The van der Waals surface area contributed by atoms with Crippen LogP contribution in [0.3, 0.4) is 0 Å². The maximum atomic E-state index is 12.4. The van der Waals surface area contributed by atoms with Crippen molar-refractivity contribution < 1.29 is 9.72 Å². The SMILES string of the molecule is O=C1CN(c2ccccc2[N+](=O)[O-])CCN1CC1CCCC1. The number of piperazine rings is 1. The number of anilines is 1. The van der Waals surface area contributed by atoms with Gasteiger partial charge in [-0.15, -0.1) is 0 Å². The summed E-state index contributed by atoms with van der Waals surface area (Å²) in [6.07, 6.45) is 4.99. The fourth-order valence-electron chi connectivity index (χ4n) is 3.50. The number of nitro groups is 1. The Labute approximate surface area is 129 Å². The molecule has 0 N–H and O–H groups in total. The Hall–Kier alpha value is -2.11. The van der Waals surface area contributed by atoms with Crippen LogP contribution in [0.2, 0.25) is 0 Å². The lowest BCUT2D eigenvalue weighted by Crippen LogP contribution is -2.51. The lowest BCUT2D eigenvalue weighted by molar-refractivity contribution is -0.384. The smallest absolute Gasteiger partial charge is 0.292 e. The zero-order valence-corrected chi connectivity index (χ0v) is 12.6. The van der Waals surface area contributed by atoms with Crippen molar-refractivity contribution in [3.63, 3.8) is 0 Å². The molecule has 1 heterocycles. The molecule has 2 aliphatic rings. The summed E-state index contributed by atoms with van der Waals surface area (Å²) in [6, 6.07) is 6.64. The molecule has 0 atom stereocenters. The number of para-hydroxylation sites is 2. The van der Waals surface area contributed by atoms with E-state index in [1.807, 2.05) is 9.80 Å². The van der Waals surface area contributed by atoms with Gasteiger partial charge in [-0.1, -0.05) is 25.0 Å². The molecule has 1 aromatic carbocycles. The average molecular weight is 303 g/mol. The highest BCUT2D eigenvalue weighted by molar-refractivity contribution is 5.84. The summed E-state index contributed by atoms with van der Waals surface area (Å²) in [5.74, 6) is 0.720. The molecule has 0 unspecified atom stereocenters. The van der Waals surface area contributed by atoms with Gasteiger partial charge in [-0.2, -0.15) is 0 Å². The molecule has 0 bridgehead atoms. The first-order valence-corrected chi connectivity index (χ1v) is 7.91. The number of hydrogen-bond donors (Lipinski definition) is 0. The number of rotatable bonds is 4. The van der Waals surface area contributed by atoms with E-state index in [-0.39, 0.29) is 23.1 Å². The summed E-state index contributed by atoms with van der Waals surface area (Å²) in [6.45, 7) is 2.39. The molecule has 1 amide bonds. The summed E-state index contributed by atoms with van der Waals surface area (Å²) in [5.41, 5.74) is 0.612. The second-order valence-corrected chi connectivity index (χ2v) is 6.16. The van der Waals surface area contributed by atoms with Gasteiger partial charge >= 0.3 is 0 Å². The Balaban J connectivity index is 1.67. The van der Waals surface area contributed by atoms with Gasteiger partial charge in [0.2, 0.25) is 5.91 Å². The van der Waals surface area contributed by atoms with Gasteiger partial charge in [0.15, 0.2) is 0 Å². The third-order valence-corrected chi connectivity index (χ3v) is 4.69. The van der Waals surface area contributed by atoms with Crippen molar-refractivity contribution in [1.82, 2.24) is 4.90 Å². The van der Waals surface area contributed by atoms with Crippen LogP contribution in [-0.2, 0) is 4.79 Å². The standard InChI is InChI=1S/C16H21N3O3/c20-16-12-17(14-7-3-4-8-15(14)19(21)22)9-10-18(16)11-13-5-1-2-6-13/h3-4,7-8,13H,1-2,5-6,9-12H2. The van der Waals surface area contributed by atoms with Crippen LogP contribution in [0, 0.1) is 16.0 Å². The number of amides is 1. The fraction of sp³-hybridized carbons (Fsp3) is 0.562. The molecule has 2 fully saturated rings. The van der Waals surface area contributed by atoms with Gasteiger partial charge in [-0.25, -0.2) is 0 Å². The molecule has 0 aromatic heterocycles. The number of carbonyl (C=O) groups is 1. The zero-order chi connectivity index (χ0) is 15.5. The minimum Gasteiger partial charge on any atom is -0.355 e. The van der Waals surface area contributed by atoms with Crippen LogP contribution >= 0.6 is 0 Å². The molecule has 6 nitrogen and oxygen atoms in total. The van der Waals surface area contributed by atoms with Gasteiger partial charge in [0.05, 0.1) is 11.5 Å². The molecule has 1 saturated carbocycles. The predicted molar refractivity (Wildman–Crippen MR) is 83.8 cm³/mol. The van der Waals surface area contributed by atoms with Gasteiger partial charge in [0, 0.05) is 25.7 Å². The molecular weight excluding hydrogens is 282 g/mol. The lowest BCUT2D eigenvalue weighted by atomic mass is 10.1. The van der Waals surface area contributed by atoms with Gasteiger partial charge in [0.25, 0.3) is 5.69 Å². The molecular formula is C16H21N3O3. The molecule has 3 rings (SSSR count). The van der Waals surface area contributed by atoms with Crippen molar-refractivity contribution >= 4 is 17.3 Å². The minimum atomic E-state index is -0.384. The lowest BCUT2D eigenvalue weighted by Gasteiger charge is -2.36. The minimum absolute atomic E-state index is 0.0690. The van der Waals surface area contributed by atoms with Crippen LogP contribution in [-0.4, -0.2) is 41.9 Å². The molecule has 1 aromatic rings. The van der Waals surface area contributed by atoms with Gasteiger partial charge in [-0.3, -0.25) is 14.9 Å². The van der Waals surface area contributed by atoms with Crippen LogP contribution < -0.4 is 4.90 Å². The summed E-state index contributed by atoms with van der Waals surface area (Å²) in [4.78, 5) is 26.9. The molecule has 1 aliphatic carbocycles. The molecule has 118 valence electrons. The van der Waals surface area contributed by atoms with Crippen LogP contribution in [0.1, 0.15) is 25.7 Å². The first-order valence-electron chi connectivity index (χ1n) is 7.91. The normalized spacial score (nSPS) is 19.7. The van der Waals surface area contributed by atoms with Crippen molar-refractivity contribution in [3.05, 3.63) is 34.4 Å². The Morgan fingerprint density at radius 2 is 1.91 bits per heavy atom. The number of carbonyl (C=O) groups excluding carboxylic acids is 1. The third kappa shape index (κ3) is 3.05. The predicted octanol–water partition coefficient (Wildman–Crippen LogP) is 2.43. The van der Waals surface area contributed by atoms with Crippen LogP contribution in [0.15, 0.2) is 24.3 Å². The van der Waals surface area contributed by atoms with Gasteiger partial charge in [-0.05, 0) is 24.8 Å². The quantitative estimate of drug-likeness (QED) is 0.633. The van der Waals surface area contributed by atoms with E-state index in [2.05, 4.69) is 0 Å². The van der Waals surface area contributed by atoms with Crippen molar-refractivity contribution in [1.29, 1.82) is 0 Å². The summed E-state index contributed by atoms with van der Waals surface area (Å²) in [5, 5.41) is 11.1. The fourth-order valence-corrected chi connectivity index (χ4v) is 3.50. The zero-order valence-electron chi connectivity index (χ0n) is 12.6. The van der Waals surface area contributed by atoms with E-state index in [0.29, 0.717) is 24.7 Å². The summed E-state index contributed by atoms with van der Waals surface area (Å²) in [7, 11) is 0. The van der Waals surface area contributed by atoms with E-state index in [1.165, 1.54) is 31.7 Å². The molecule has 0 spiro atoms. The second kappa shape index (κ2) is 6.34. The molecule has 1 aliphatic heterocycles. The van der Waals surface area contributed by atoms with E-state index in [4.69, 9.17) is 0 Å². The molecule has 0 radical (unpaired) electrons. The number of nitrogens with zero attached hydrogens (tertiary/aromatic N) is 3. The molecule has 1 saturated heterocycles. The first kappa shape index (κ1) is 14.8. The first-order chi connectivity index (χ1) is 10.6. The van der Waals surface area contributed by atoms with E-state index in [9.17, 15) is 14.9 Å². The van der Waals surface area contributed by atoms with Gasteiger partial charge in [0.1, 0.15) is 5.69 Å². The Morgan fingerprint density at radius 3 is 2.59 bits per heavy atom. The van der Waals surface area contributed by atoms with E-state index < -0.39 is 0 Å². The van der Waals surface area contributed by atoms with Gasteiger partial charge < -0.3 is 9.80 Å². The highest BCUT2D eigenvalue weighted by atomic mass is 16.6. The van der Waals surface area contributed by atoms with E-state index >= 15 is 0 Å². The Morgan fingerprint density at radius 1 is 1.18 bits per heavy atom. The van der Waals surface area contributed by atoms with Crippen LogP contribution in [0.5, 0.6) is 0 Å². The van der Waals surface area contributed by atoms with Crippen molar-refractivity contribution in [2.75, 3.05) is 31.1 Å². The highest BCUT2D eigenvalue weighted by Crippen LogP contribution is 2.30. The summed E-state index contributed by atoms with van der Waals surface area (Å²) < 4.78 is 0. The van der Waals surface area contributed by atoms with Crippen molar-refractivity contribution in [2.45, 2.75) is 25.7 Å². The van der Waals surface area contributed by atoms with Crippen LogP contribution in [0.4, 0.5) is 11.4 Å². The third-order valence-electron chi connectivity index (χ3n) is 4.69. The van der Waals surface area contributed by atoms with Crippen LogP contribution in [0.25, 0.3) is 0 Å². The monoisotopic (exact) mass is 303 g/mol. The summed E-state index contributed by atoms with van der Waals surface area (Å²) >= 11 is 0. The van der Waals surface area contributed by atoms with E-state index in [0.717, 1.165) is 6.54 Å². The Bertz CT molecular complexity index is 570. The topological polar surface area (TPSA) is 66.7 Å². The number of benzene rings is 1. The van der Waals surface area contributed by atoms with Crippen molar-refractivity contribution in [2.24, 2.45) is 5.92 Å². The Kier molecular flexibility index (Phi) is 4.27. The second-order valence-electron chi connectivity index (χ2n) is 6.16. The molecule has 22 heavy (non-hydrogen) atoms. The maximum absolute atomic E-state index is 12.4. The molecule has 6 heteroatoms. The maximum Gasteiger partial charge on any atom is 0.292 e. The van der Waals surface area contributed by atoms with E-state index in [1.54, 1.807) is 18.2 Å². The highest BCUT2D eigenvalue weighted by Gasteiger charge is 2.29. The largest absolute Gasteiger partial charge is 0.355 e. The van der Waals surface area contributed by atoms with Crippen molar-refractivity contribution in [3.8, 4) is 0 Å². The average Bonchev–Trinajstić information content (AvgIpc) is 3.02. The number of nitro benzene ring substituents is 1. The number of hydrogen-bond acceptors (Lipinski definition) is 4.